The molecule has 0 radical (unpaired) electrons. The zero-order chi connectivity index (χ0) is 21.0. The van der Waals surface area contributed by atoms with Gasteiger partial charge in [0.1, 0.15) is 11.3 Å². The van der Waals surface area contributed by atoms with E-state index >= 15 is 0 Å². The van der Waals surface area contributed by atoms with Gasteiger partial charge in [-0.2, -0.15) is 5.10 Å². The number of pyridine rings is 1. The number of benzene rings is 2. The molecule has 0 fully saturated rings. The molecule has 0 spiro atoms. The van der Waals surface area contributed by atoms with Crippen molar-refractivity contribution in [1.29, 1.82) is 0 Å². The summed E-state index contributed by atoms with van der Waals surface area (Å²) >= 11 is 11.9. The fourth-order valence-electron chi connectivity index (χ4n) is 3.45. The average Bonchev–Trinajstić information content (AvgIpc) is 3.07. The first kappa shape index (κ1) is 18.7. The van der Waals surface area contributed by atoms with Crippen LogP contribution in [0.1, 0.15) is 5.69 Å². The molecule has 9 heteroatoms. The Balaban J connectivity index is 1.74. The molecule has 0 amide bonds. The molecule has 0 N–H and O–H groups in total. The van der Waals surface area contributed by atoms with Crippen molar-refractivity contribution in [2.75, 3.05) is 0 Å². The molecule has 3 heterocycles. The van der Waals surface area contributed by atoms with Crippen LogP contribution in [0.2, 0.25) is 10.0 Å². The van der Waals surface area contributed by atoms with Gasteiger partial charge in [-0.1, -0.05) is 35.3 Å². The minimum atomic E-state index is -0.558. The van der Waals surface area contributed by atoms with Gasteiger partial charge < -0.3 is 0 Å². The highest BCUT2D eigenvalue weighted by Crippen LogP contribution is 2.29. The second kappa shape index (κ2) is 6.90. The van der Waals surface area contributed by atoms with Gasteiger partial charge in [0.05, 0.1) is 22.0 Å². The molecule has 5 aromatic rings. The zero-order valence-electron chi connectivity index (χ0n) is 15.5. The van der Waals surface area contributed by atoms with E-state index < -0.39 is 11.4 Å². The van der Waals surface area contributed by atoms with Gasteiger partial charge in [-0.15, -0.1) is 10.2 Å². The first-order valence-electron chi connectivity index (χ1n) is 8.93. The predicted molar refractivity (Wildman–Crippen MR) is 114 cm³/mol. The molecule has 0 bridgehead atoms. The van der Waals surface area contributed by atoms with Gasteiger partial charge in [0.25, 0.3) is 5.56 Å². The molecule has 2 aromatic carbocycles. The van der Waals surface area contributed by atoms with E-state index in [4.69, 9.17) is 23.2 Å². The summed E-state index contributed by atoms with van der Waals surface area (Å²) < 4.78 is 16.4. The molecule has 148 valence electrons. The normalized spacial score (nSPS) is 11.5. The Kier molecular flexibility index (Phi) is 4.30. The first-order chi connectivity index (χ1) is 14.4. The molecule has 0 aliphatic heterocycles. The summed E-state index contributed by atoms with van der Waals surface area (Å²) in [7, 11) is 0. The van der Waals surface area contributed by atoms with Gasteiger partial charge in [-0.3, -0.25) is 9.36 Å². The molecule has 3 aromatic heterocycles. The van der Waals surface area contributed by atoms with Gasteiger partial charge in [-0.05, 0) is 48.9 Å². The van der Waals surface area contributed by atoms with Gasteiger partial charge >= 0.3 is 0 Å². The number of aryl methyl sites for hydroxylation is 1. The summed E-state index contributed by atoms with van der Waals surface area (Å²) in [4.78, 5) is 13.0. The molecular weight excluding hydrogens is 428 g/mol. The maximum absolute atomic E-state index is 13.5. The summed E-state index contributed by atoms with van der Waals surface area (Å²) in [6.07, 6.45) is 1.58. The summed E-state index contributed by atoms with van der Waals surface area (Å²) in [6.45, 7) is 1.87. The maximum atomic E-state index is 13.5. The highest BCUT2D eigenvalue weighted by Gasteiger charge is 2.18. The summed E-state index contributed by atoms with van der Waals surface area (Å²) in [6, 6.07) is 13.1. The van der Waals surface area contributed by atoms with E-state index in [2.05, 4.69) is 15.3 Å². The topological polar surface area (TPSA) is 65.1 Å². The van der Waals surface area contributed by atoms with E-state index in [1.807, 2.05) is 19.1 Å². The summed E-state index contributed by atoms with van der Waals surface area (Å²) in [5.74, 6) is -0.558. The second-order valence-electron chi connectivity index (χ2n) is 6.73. The molecule has 6 nitrogen and oxygen atoms in total. The van der Waals surface area contributed by atoms with Crippen molar-refractivity contribution < 1.29 is 4.39 Å². The predicted octanol–water partition coefficient (Wildman–Crippen LogP) is 4.85. The van der Waals surface area contributed by atoms with E-state index in [1.54, 1.807) is 28.9 Å². The largest absolute Gasteiger partial charge is 0.285 e. The van der Waals surface area contributed by atoms with Crippen molar-refractivity contribution in [2.45, 2.75) is 6.92 Å². The molecular formula is C21H12Cl2FN5O. The van der Waals surface area contributed by atoms with Crippen molar-refractivity contribution in [3.8, 4) is 16.8 Å². The van der Waals surface area contributed by atoms with E-state index in [9.17, 15) is 9.18 Å². The van der Waals surface area contributed by atoms with E-state index in [0.29, 0.717) is 21.9 Å². The van der Waals surface area contributed by atoms with Gasteiger partial charge in [-0.25, -0.2) is 8.91 Å². The molecule has 0 aliphatic rings. The Bertz CT molecular complexity index is 1510. The minimum absolute atomic E-state index is 0.0728. The number of aromatic nitrogens is 5. The molecule has 0 aliphatic carbocycles. The first-order valence-corrected chi connectivity index (χ1v) is 9.68. The fraction of sp³-hybridized carbons (Fsp3) is 0.0476. The second-order valence-corrected chi connectivity index (χ2v) is 7.57. The Morgan fingerprint density at radius 3 is 2.50 bits per heavy atom. The number of rotatable bonds is 2. The Hall–Kier alpha value is -3.29. The minimum Gasteiger partial charge on any atom is -0.282 e. The molecule has 5 rings (SSSR count). The van der Waals surface area contributed by atoms with Crippen LogP contribution < -0.4 is 5.56 Å². The van der Waals surface area contributed by atoms with Crippen LogP contribution in [0.5, 0.6) is 0 Å². The molecule has 0 saturated heterocycles. The van der Waals surface area contributed by atoms with Gasteiger partial charge in [0, 0.05) is 11.2 Å². The highest BCUT2D eigenvalue weighted by molar-refractivity contribution is 6.31. The molecule has 0 saturated carbocycles. The monoisotopic (exact) mass is 439 g/mol. The number of hydrogen-bond acceptors (Lipinski definition) is 4. The van der Waals surface area contributed by atoms with Gasteiger partial charge in [0.2, 0.25) is 0 Å². The summed E-state index contributed by atoms with van der Waals surface area (Å²) in [5, 5.41) is 13.6. The molecule has 30 heavy (non-hydrogen) atoms. The lowest BCUT2D eigenvalue weighted by Gasteiger charge is -2.08. The van der Waals surface area contributed by atoms with Crippen LogP contribution >= 0.6 is 23.2 Å². The third-order valence-electron chi connectivity index (χ3n) is 4.87. The van der Waals surface area contributed by atoms with Crippen LogP contribution in [0, 0.1) is 12.7 Å². The number of fused-ring (bicyclic) bond motifs is 3. The Morgan fingerprint density at radius 1 is 1.00 bits per heavy atom. The third-order valence-corrected chi connectivity index (χ3v) is 5.41. The molecule has 0 atom stereocenters. The Morgan fingerprint density at radius 2 is 1.77 bits per heavy atom. The number of hydrogen-bond donors (Lipinski definition) is 0. The number of nitrogens with zero attached hydrogens (tertiary/aromatic N) is 5. The molecule has 0 unspecified atom stereocenters. The van der Waals surface area contributed by atoms with Crippen molar-refractivity contribution in [3.05, 3.63) is 86.6 Å². The highest BCUT2D eigenvalue weighted by atomic mass is 35.5. The van der Waals surface area contributed by atoms with Crippen molar-refractivity contribution >= 4 is 39.9 Å². The van der Waals surface area contributed by atoms with E-state index in [-0.39, 0.29) is 10.5 Å². The van der Waals surface area contributed by atoms with Crippen LogP contribution in [-0.4, -0.2) is 24.4 Å². The standard InChI is InChI=1S/C21H12Cl2FN5O/c1-11-18(12-2-4-13(22)5-3-12)20-26-25-19-17(29(20)27-11)8-9-28(21(19)30)14-6-7-16(24)15(23)10-14/h2-10H,1H3. The SMILES string of the molecule is Cc1nn2c(nnc3c(=O)n(-c4ccc(F)c(Cl)c4)ccc32)c1-c1ccc(Cl)cc1. The maximum Gasteiger partial charge on any atom is 0.285 e. The van der Waals surface area contributed by atoms with Crippen LogP contribution in [-0.2, 0) is 0 Å². The quantitative estimate of drug-likeness (QED) is 0.394. The van der Waals surface area contributed by atoms with E-state index in [0.717, 1.165) is 16.8 Å². The van der Waals surface area contributed by atoms with Crippen molar-refractivity contribution in [1.82, 2.24) is 24.4 Å². The van der Waals surface area contributed by atoms with Crippen LogP contribution in [0.15, 0.2) is 59.5 Å². The zero-order valence-corrected chi connectivity index (χ0v) is 17.0. The lowest BCUT2D eigenvalue weighted by Crippen LogP contribution is -2.20. The third kappa shape index (κ3) is 2.86. The van der Waals surface area contributed by atoms with Crippen LogP contribution in [0.4, 0.5) is 4.39 Å². The fourth-order valence-corrected chi connectivity index (χ4v) is 3.75. The Labute approximate surface area is 179 Å². The lowest BCUT2D eigenvalue weighted by molar-refractivity contribution is 0.627. The number of halogens is 3. The van der Waals surface area contributed by atoms with Crippen molar-refractivity contribution in [3.63, 3.8) is 0 Å². The summed E-state index contributed by atoms with van der Waals surface area (Å²) in [5.41, 5.74) is 3.65. The van der Waals surface area contributed by atoms with Crippen LogP contribution in [0.25, 0.3) is 33.5 Å². The van der Waals surface area contributed by atoms with Crippen LogP contribution in [0.3, 0.4) is 0 Å². The lowest BCUT2D eigenvalue weighted by atomic mass is 10.1. The smallest absolute Gasteiger partial charge is 0.282 e. The average molecular weight is 440 g/mol. The van der Waals surface area contributed by atoms with E-state index in [1.165, 1.54) is 22.8 Å². The van der Waals surface area contributed by atoms with Crippen molar-refractivity contribution in [2.24, 2.45) is 0 Å². The van der Waals surface area contributed by atoms with Gasteiger partial charge in [0.15, 0.2) is 11.2 Å².